The molecule has 1 aliphatic heterocycles. The molecule has 0 saturated carbocycles. The third-order valence-electron chi connectivity index (χ3n) is 6.12. The number of aryl methyl sites for hydroxylation is 1. The SMILES string of the molecule is O=C(CCc1cncc2c(=O)cc(Nc3ccccc3)n(-c3ccccc3)c12)N1CCCC1. The molecule has 6 heteroatoms. The fourth-order valence-corrected chi connectivity index (χ4v) is 4.48. The van der Waals surface area contributed by atoms with E-state index in [1.807, 2.05) is 65.6 Å². The zero-order valence-electron chi connectivity index (χ0n) is 18.4. The van der Waals surface area contributed by atoms with Crippen LogP contribution >= 0.6 is 0 Å². The summed E-state index contributed by atoms with van der Waals surface area (Å²) < 4.78 is 2.06. The standard InChI is InChI=1S/C27H26N4O2/c32-24-17-25(29-21-9-3-1-4-10-21)31(22-11-5-2-6-12-22)27-20(18-28-19-23(24)27)13-14-26(33)30-15-7-8-16-30/h1-6,9-12,17-19,29H,7-8,13-16H2. The average Bonchev–Trinajstić information content (AvgIpc) is 3.39. The number of aromatic nitrogens is 2. The van der Waals surface area contributed by atoms with E-state index in [4.69, 9.17) is 0 Å². The van der Waals surface area contributed by atoms with E-state index in [9.17, 15) is 9.59 Å². The van der Waals surface area contributed by atoms with Crippen LogP contribution in [0, 0.1) is 0 Å². The minimum Gasteiger partial charge on any atom is -0.343 e. The molecule has 0 spiro atoms. The number of likely N-dealkylation sites (tertiary alicyclic amines) is 1. The summed E-state index contributed by atoms with van der Waals surface area (Å²) in [6.45, 7) is 1.68. The number of anilines is 2. The molecular formula is C27H26N4O2. The van der Waals surface area contributed by atoms with E-state index in [2.05, 4.69) is 14.9 Å². The second-order valence-corrected chi connectivity index (χ2v) is 8.34. The van der Waals surface area contributed by atoms with Gasteiger partial charge in [-0.2, -0.15) is 0 Å². The van der Waals surface area contributed by atoms with Crippen LogP contribution in [0.2, 0.25) is 0 Å². The lowest BCUT2D eigenvalue weighted by Gasteiger charge is -2.21. The lowest BCUT2D eigenvalue weighted by Crippen LogP contribution is -2.27. The molecule has 0 atom stereocenters. The number of pyridine rings is 2. The molecule has 1 fully saturated rings. The number of amides is 1. The second kappa shape index (κ2) is 9.28. The van der Waals surface area contributed by atoms with Crippen LogP contribution < -0.4 is 10.7 Å². The number of benzene rings is 2. The predicted octanol–water partition coefficient (Wildman–Crippen LogP) is 4.68. The minimum atomic E-state index is -0.101. The summed E-state index contributed by atoms with van der Waals surface area (Å²) in [5.41, 5.74) is 3.39. The minimum absolute atomic E-state index is 0.101. The summed E-state index contributed by atoms with van der Waals surface area (Å²) in [7, 11) is 0. The molecule has 5 rings (SSSR count). The molecule has 1 saturated heterocycles. The molecule has 1 N–H and O–H groups in total. The first-order valence-corrected chi connectivity index (χ1v) is 11.4. The van der Waals surface area contributed by atoms with Gasteiger partial charge in [0.15, 0.2) is 5.43 Å². The molecule has 3 heterocycles. The van der Waals surface area contributed by atoms with Gasteiger partial charge in [0, 0.05) is 49.3 Å². The first-order valence-electron chi connectivity index (χ1n) is 11.4. The normalized spacial score (nSPS) is 13.4. The Hall–Kier alpha value is -3.93. The van der Waals surface area contributed by atoms with Gasteiger partial charge in [-0.3, -0.25) is 19.1 Å². The van der Waals surface area contributed by atoms with Crippen molar-refractivity contribution in [1.29, 1.82) is 0 Å². The van der Waals surface area contributed by atoms with Gasteiger partial charge in [0.2, 0.25) is 5.91 Å². The maximum Gasteiger partial charge on any atom is 0.222 e. The molecule has 0 aliphatic carbocycles. The molecule has 166 valence electrons. The lowest BCUT2D eigenvalue weighted by molar-refractivity contribution is -0.130. The van der Waals surface area contributed by atoms with Gasteiger partial charge < -0.3 is 10.2 Å². The number of hydrogen-bond donors (Lipinski definition) is 1. The highest BCUT2D eigenvalue weighted by Gasteiger charge is 2.20. The molecule has 4 aromatic rings. The molecule has 0 unspecified atom stereocenters. The number of fused-ring (bicyclic) bond motifs is 1. The van der Waals surface area contributed by atoms with E-state index in [0.29, 0.717) is 24.0 Å². The monoisotopic (exact) mass is 438 g/mol. The summed E-state index contributed by atoms with van der Waals surface area (Å²) in [5.74, 6) is 0.833. The Balaban J connectivity index is 1.63. The zero-order valence-corrected chi connectivity index (χ0v) is 18.4. The van der Waals surface area contributed by atoms with E-state index in [-0.39, 0.29) is 11.3 Å². The van der Waals surface area contributed by atoms with Crippen LogP contribution in [0.1, 0.15) is 24.8 Å². The number of rotatable bonds is 6. The van der Waals surface area contributed by atoms with Gasteiger partial charge in [-0.05, 0) is 49.1 Å². The number of nitrogens with one attached hydrogen (secondary N) is 1. The van der Waals surface area contributed by atoms with Crippen LogP contribution in [0.3, 0.4) is 0 Å². The molecule has 6 nitrogen and oxygen atoms in total. The van der Waals surface area contributed by atoms with Crippen molar-refractivity contribution < 1.29 is 4.79 Å². The molecule has 0 bridgehead atoms. The highest BCUT2D eigenvalue weighted by atomic mass is 16.2. The van der Waals surface area contributed by atoms with Gasteiger partial charge in [0.25, 0.3) is 0 Å². The third kappa shape index (κ3) is 4.37. The van der Waals surface area contributed by atoms with Gasteiger partial charge in [0.05, 0.1) is 10.9 Å². The van der Waals surface area contributed by atoms with Crippen molar-refractivity contribution in [2.75, 3.05) is 18.4 Å². The number of carbonyl (C=O) groups excluding carboxylic acids is 1. The molecule has 1 amide bonds. The van der Waals surface area contributed by atoms with E-state index in [1.165, 1.54) is 0 Å². The Kier molecular flexibility index (Phi) is 5.89. The van der Waals surface area contributed by atoms with Gasteiger partial charge in [-0.15, -0.1) is 0 Å². The predicted molar refractivity (Wildman–Crippen MR) is 131 cm³/mol. The van der Waals surface area contributed by atoms with Crippen LogP contribution in [0.5, 0.6) is 0 Å². The Morgan fingerprint density at radius 2 is 1.64 bits per heavy atom. The maximum absolute atomic E-state index is 13.1. The number of carbonyl (C=O) groups is 1. The largest absolute Gasteiger partial charge is 0.343 e. The molecule has 2 aromatic heterocycles. The van der Waals surface area contributed by atoms with Crippen LogP contribution in [-0.2, 0) is 11.2 Å². The van der Waals surface area contributed by atoms with E-state index < -0.39 is 0 Å². The fourth-order valence-electron chi connectivity index (χ4n) is 4.48. The number of nitrogens with zero attached hydrogens (tertiary/aromatic N) is 3. The second-order valence-electron chi connectivity index (χ2n) is 8.34. The zero-order chi connectivity index (χ0) is 22.6. The lowest BCUT2D eigenvalue weighted by atomic mass is 10.1. The molecule has 0 radical (unpaired) electrons. The first kappa shape index (κ1) is 20.9. The number of para-hydroxylation sites is 2. The van der Waals surface area contributed by atoms with Crippen LogP contribution in [0.4, 0.5) is 11.5 Å². The summed E-state index contributed by atoms with van der Waals surface area (Å²) in [5, 5.41) is 3.95. The van der Waals surface area contributed by atoms with Gasteiger partial charge >= 0.3 is 0 Å². The third-order valence-corrected chi connectivity index (χ3v) is 6.12. The summed E-state index contributed by atoms with van der Waals surface area (Å²) in [6, 6.07) is 21.3. The summed E-state index contributed by atoms with van der Waals surface area (Å²) in [4.78, 5) is 32.1. The van der Waals surface area contributed by atoms with Gasteiger partial charge in [0.1, 0.15) is 5.82 Å². The Morgan fingerprint density at radius 3 is 2.36 bits per heavy atom. The quantitative estimate of drug-likeness (QED) is 0.475. The van der Waals surface area contributed by atoms with Crippen LogP contribution in [0.15, 0.2) is 83.9 Å². The van der Waals surface area contributed by atoms with Crippen molar-refractivity contribution in [3.63, 3.8) is 0 Å². The highest BCUT2D eigenvalue weighted by Crippen LogP contribution is 2.27. The van der Waals surface area contributed by atoms with Gasteiger partial charge in [-0.25, -0.2) is 0 Å². The van der Waals surface area contributed by atoms with Crippen molar-refractivity contribution in [2.24, 2.45) is 0 Å². The maximum atomic E-state index is 13.1. The topological polar surface area (TPSA) is 67.2 Å². The van der Waals surface area contributed by atoms with E-state index >= 15 is 0 Å². The van der Waals surface area contributed by atoms with E-state index in [1.54, 1.807) is 18.5 Å². The first-order chi connectivity index (χ1) is 16.2. The van der Waals surface area contributed by atoms with Crippen molar-refractivity contribution in [1.82, 2.24) is 14.5 Å². The Morgan fingerprint density at radius 1 is 0.939 bits per heavy atom. The molecule has 2 aromatic carbocycles. The van der Waals surface area contributed by atoms with Crippen molar-refractivity contribution in [2.45, 2.75) is 25.7 Å². The number of hydrogen-bond acceptors (Lipinski definition) is 4. The van der Waals surface area contributed by atoms with Crippen molar-refractivity contribution in [3.8, 4) is 5.69 Å². The van der Waals surface area contributed by atoms with Crippen molar-refractivity contribution in [3.05, 3.63) is 94.9 Å². The fraction of sp³-hybridized carbons (Fsp3) is 0.222. The van der Waals surface area contributed by atoms with Crippen LogP contribution in [-0.4, -0.2) is 33.4 Å². The Bertz CT molecular complexity index is 1330. The summed E-state index contributed by atoms with van der Waals surface area (Å²) in [6.07, 6.45) is 6.48. The smallest absolute Gasteiger partial charge is 0.222 e. The molecule has 33 heavy (non-hydrogen) atoms. The summed E-state index contributed by atoms with van der Waals surface area (Å²) >= 11 is 0. The van der Waals surface area contributed by atoms with Crippen LogP contribution in [0.25, 0.3) is 16.6 Å². The molecule has 1 aliphatic rings. The van der Waals surface area contributed by atoms with Gasteiger partial charge in [-0.1, -0.05) is 36.4 Å². The molecular weight excluding hydrogens is 412 g/mol. The average molecular weight is 439 g/mol. The van der Waals surface area contributed by atoms with E-state index in [0.717, 1.165) is 48.4 Å². The highest BCUT2D eigenvalue weighted by molar-refractivity contribution is 5.87. The Labute approximate surface area is 192 Å². The van der Waals surface area contributed by atoms with Crippen molar-refractivity contribution >= 4 is 28.3 Å².